The van der Waals surface area contributed by atoms with Gasteiger partial charge in [0.15, 0.2) is 5.78 Å². The number of benzene rings is 2. The zero-order valence-corrected chi connectivity index (χ0v) is 18.7. The van der Waals surface area contributed by atoms with Crippen LogP contribution in [0.15, 0.2) is 42.5 Å². The van der Waals surface area contributed by atoms with Gasteiger partial charge in [-0.2, -0.15) is 0 Å². The van der Waals surface area contributed by atoms with E-state index in [0.29, 0.717) is 39.7 Å². The van der Waals surface area contributed by atoms with E-state index in [1.54, 1.807) is 36.4 Å². The Hall–Kier alpha value is -1.93. The summed E-state index contributed by atoms with van der Waals surface area (Å²) in [6, 6.07) is 11.5. The van der Waals surface area contributed by atoms with Crippen LogP contribution in [0, 0.1) is 5.92 Å². The molecule has 1 heterocycles. The van der Waals surface area contributed by atoms with Crippen molar-refractivity contribution in [3.05, 3.63) is 63.6 Å². The lowest BCUT2D eigenvalue weighted by Crippen LogP contribution is -2.41. The number of Topliss-reactive ketones (excluding diaryl/α,β-unsaturated/α-hetero) is 1. The number of halogens is 2. The molecule has 2 aromatic carbocycles. The largest absolute Gasteiger partial charge is 0.326 e. The number of nitrogens with zero attached hydrogens (tertiary/aromatic N) is 1. The summed E-state index contributed by atoms with van der Waals surface area (Å²) >= 11 is 12.0. The normalized spacial score (nSPS) is 15.7. The predicted octanol–water partition coefficient (Wildman–Crippen LogP) is 4.38. The quantitative estimate of drug-likeness (QED) is 0.637. The Labute approximate surface area is 186 Å². The molecular weight excluding hydrogens is 447 g/mol. The minimum absolute atomic E-state index is 0.0783. The van der Waals surface area contributed by atoms with E-state index in [1.807, 2.05) is 0 Å². The molecule has 0 saturated carbocycles. The van der Waals surface area contributed by atoms with E-state index >= 15 is 0 Å². The summed E-state index contributed by atoms with van der Waals surface area (Å²) in [6.45, 7) is 1.99. The molecule has 2 aromatic rings. The van der Waals surface area contributed by atoms with Crippen LogP contribution in [0.4, 0.5) is 5.69 Å². The van der Waals surface area contributed by atoms with Crippen molar-refractivity contribution in [2.45, 2.75) is 25.5 Å². The Bertz CT molecular complexity index is 1060. The maximum Gasteiger partial charge on any atom is 0.227 e. The molecule has 1 aliphatic rings. The number of hydrogen-bond donors (Lipinski definition) is 1. The fraction of sp³-hybridized carbons (Fsp3) is 0.333. The van der Waals surface area contributed by atoms with Crippen LogP contribution in [0.25, 0.3) is 0 Å². The van der Waals surface area contributed by atoms with Crippen molar-refractivity contribution < 1.29 is 18.0 Å². The van der Waals surface area contributed by atoms with Gasteiger partial charge in [0, 0.05) is 40.3 Å². The zero-order valence-electron chi connectivity index (χ0n) is 16.4. The Morgan fingerprint density at radius 3 is 2.43 bits per heavy atom. The third-order valence-corrected chi connectivity index (χ3v) is 7.52. The van der Waals surface area contributed by atoms with Crippen molar-refractivity contribution in [3.8, 4) is 0 Å². The lowest BCUT2D eigenvalue weighted by molar-refractivity contribution is -0.120. The van der Waals surface area contributed by atoms with E-state index in [-0.39, 0.29) is 36.5 Å². The highest BCUT2D eigenvalue weighted by Gasteiger charge is 2.31. The van der Waals surface area contributed by atoms with E-state index in [4.69, 9.17) is 23.2 Å². The number of nitrogens with one attached hydrogen (secondary N) is 1. The Balaban J connectivity index is 1.59. The molecule has 0 atom stereocenters. The van der Waals surface area contributed by atoms with Crippen molar-refractivity contribution in [2.75, 3.05) is 18.4 Å². The number of carbonyl (C=O) groups is 2. The highest BCUT2D eigenvalue weighted by molar-refractivity contribution is 7.88. The molecule has 0 unspecified atom stereocenters. The average Bonchev–Trinajstić information content (AvgIpc) is 2.70. The molecule has 0 spiro atoms. The Morgan fingerprint density at radius 2 is 1.80 bits per heavy atom. The van der Waals surface area contributed by atoms with Crippen molar-refractivity contribution in [2.24, 2.45) is 5.92 Å². The van der Waals surface area contributed by atoms with Gasteiger partial charge in [-0.05, 0) is 49.6 Å². The lowest BCUT2D eigenvalue weighted by Gasteiger charge is -2.30. The molecule has 0 radical (unpaired) electrons. The van der Waals surface area contributed by atoms with Gasteiger partial charge >= 0.3 is 0 Å². The first-order valence-electron chi connectivity index (χ1n) is 9.49. The van der Waals surface area contributed by atoms with Crippen molar-refractivity contribution in [3.63, 3.8) is 0 Å². The zero-order chi connectivity index (χ0) is 21.9. The molecule has 1 aliphatic heterocycles. The second-order valence-corrected chi connectivity index (χ2v) is 10.1. The number of anilines is 1. The molecule has 160 valence electrons. The second kappa shape index (κ2) is 9.47. The van der Waals surface area contributed by atoms with E-state index < -0.39 is 10.0 Å². The molecule has 1 saturated heterocycles. The standard InChI is InChI=1S/C21H22Cl2N2O4S/c1-14(26)16-3-2-4-19(11-16)24-21(27)15-7-9-25(10-8-15)30(28,29)13-17-5-6-18(22)12-20(17)23/h2-6,11-12,15H,7-10,13H2,1H3,(H,24,27). The smallest absolute Gasteiger partial charge is 0.227 e. The Kier molecular flexibility index (Phi) is 7.18. The first-order valence-corrected chi connectivity index (χ1v) is 11.9. The van der Waals surface area contributed by atoms with Crippen molar-refractivity contribution in [1.29, 1.82) is 0 Å². The molecule has 0 bridgehead atoms. The van der Waals surface area contributed by atoms with Crippen LogP contribution in [-0.4, -0.2) is 37.5 Å². The van der Waals surface area contributed by atoms with Crippen LogP contribution >= 0.6 is 23.2 Å². The van der Waals surface area contributed by atoms with Crippen LogP contribution < -0.4 is 5.32 Å². The minimum Gasteiger partial charge on any atom is -0.326 e. The first-order chi connectivity index (χ1) is 14.2. The number of hydrogen-bond acceptors (Lipinski definition) is 4. The van der Waals surface area contributed by atoms with E-state index in [0.717, 1.165) is 0 Å². The highest BCUT2D eigenvalue weighted by atomic mass is 35.5. The molecule has 3 rings (SSSR count). The fourth-order valence-electron chi connectivity index (χ4n) is 3.38. The molecular formula is C21H22Cl2N2O4S. The number of sulfonamides is 1. The van der Waals surface area contributed by atoms with Gasteiger partial charge in [-0.1, -0.05) is 41.4 Å². The van der Waals surface area contributed by atoms with Crippen LogP contribution in [0.3, 0.4) is 0 Å². The van der Waals surface area contributed by atoms with E-state index in [1.165, 1.54) is 17.3 Å². The summed E-state index contributed by atoms with van der Waals surface area (Å²) in [5.41, 5.74) is 1.57. The van der Waals surface area contributed by atoms with Crippen molar-refractivity contribution in [1.82, 2.24) is 4.31 Å². The molecule has 0 aliphatic carbocycles. The number of carbonyl (C=O) groups excluding carboxylic acids is 2. The fourth-order valence-corrected chi connectivity index (χ4v) is 5.53. The predicted molar refractivity (Wildman–Crippen MR) is 118 cm³/mol. The summed E-state index contributed by atoms with van der Waals surface area (Å²) in [5, 5.41) is 3.58. The SMILES string of the molecule is CC(=O)c1cccc(NC(=O)C2CCN(S(=O)(=O)Cc3ccc(Cl)cc3Cl)CC2)c1. The number of amides is 1. The summed E-state index contributed by atoms with van der Waals surface area (Å²) < 4.78 is 26.9. The van der Waals surface area contributed by atoms with Gasteiger partial charge in [0.2, 0.25) is 15.9 Å². The summed E-state index contributed by atoms with van der Waals surface area (Å²) in [6.07, 6.45) is 0.845. The maximum atomic E-state index is 12.8. The van der Waals surface area contributed by atoms with E-state index in [2.05, 4.69) is 5.32 Å². The van der Waals surface area contributed by atoms with Gasteiger partial charge in [-0.3, -0.25) is 9.59 Å². The number of ketones is 1. The molecule has 0 aromatic heterocycles. The van der Waals surface area contributed by atoms with E-state index in [9.17, 15) is 18.0 Å². The van der Waals surface area contributed by atoms with Gasteiger partial charge in [-0.15, -0.1) is 0 Å². The third-order valence-electron chi connectivity index (χ3n) is 5.11. The van der Waals surface area contributed by atoms with Crippen LogP contribution in [-0.2, 0) is 20.6 Å². The minimum atomic E-state index is -3.56. The molecule has 9 heteroatoms. The van der Waals surface area contributed by atoms with Gasteiger partial charge in [0.05, 0.1) is 5.75 Å². The highest BCUT2D eigenvalue weighted by Crippen LogP contribution is 2.27. The monoisotopic (exact) mass is 468 g/mol. The Morgan fingerprint density at radius 1 is 1.10 bits per heavy atom. The molecule has 1 fully saturated rings. The molecule has 1 amide bonds. The summed E-state index contributed by atoms with van der Waals surface area (Å²) in [7, 11) is -3.56. The topological polar surface area (TPSA) is 83.6 Å². The van der Waals surface area contributed by atoms with Gasteiger partial charge in [-0.25, -0.2) is 12.7 Å². The molecule has 6 nitrogen and oxygen atoms in total. The van der Waals surface area contributed by atoms with Gasteiger partial charge in [0.25, 0.3) is 0 Å². The maximum absolute atomic E-state index is 12.8. The van der Waals surface area contributed by atoms with Crippen LogP contribution in [0.5, 0.6) is 0 Å². The van der Waals surface area contributed by atoms with Gasteiger partial charge < -0.3 is 5.32 Å². The van der Waals surface area contributed by atoms with Crippen molar-refractivity contribution >= 4 is 50.6 Å². The molecule has 30 heavy (non-hydrogen) atoms. The summed E-state index contributed by atoms with van der Waals surface area (Å²) in [4.78, 5) is 24.1. The first kappa shape index (κ1) is 22.7. The van der Waals surface area contributed by atoms with Gasteiger partial charge in [0.1, 0.15) is 0 Å². The van der Waals surface area contributed by atoms with Crippen LogP contribution in [0.1, 0.15) is 35.7 Å². The lowest BCUT2D eigenvalue weighted by atomic mass is 9.97. The number of rotatable bonds is 6. The average molecular weight is 469 g/mol. The molecule has 1 N–H and O–H groups in total. The summed E-state index contributed by atoms with van der Waals surface area (Å²) in [5.74, 6) is -0.756. The van der Waals surface area contributed by atoms with Crippen LogP contribution in [0.2, 0.25) is 10.0 Å². The second-order valence-electron chi connectivity index (χ2n) is 7.29. The number of piperidine rings is 1. The third kappa shape index (κ3) is 5.60.